The zero-order valence-electron chi connectivity index (χ0n) is 15.9. The van der Waals surface area contributed by atoms with Crippen LogP contribution < -0.4 is 5.32 Å². The van der Waals surface area contributed by atoms with E-state index in [1.54, 1.807) is 18.3 Å². The van der Waals surface area contributed by atoms with E-state index in [4.69, 9.17) is 0 Å². The van der Waals surface area contributed by atoms with Gasteiger partial charge in [0.2, 0.25) is 5.91 Å². The number of hydrogen-bond acceptors (Lipinski definition) is 3. The lowest BCUT2D eigenvalue weighted by Crippen LogP contribution is -2.47. The average Bonchev–Trinajstić information content (AvgIpc) is 3.26. The molecule has 1 saturated carbocycles. The quantitative estimate of drug-likeness (QED) is 0.889. The van der Waals surface area contributed by atoms with E-state index in [2.05, 4.69) is 24.1 Å². The third kappa shape index (κ3) is 3.20. The molecule has 1 N–H and O–H groups in total. The van der Waals surface area contributed by atoms with Crippen LogP contribution in [-0.4, -0.2) is 34.9 Å². The van der Waals surface area contributed by atoms with E-state index in [1.807, 2.05) is 23.1 Å². The Hall–Kier alpha value is -2.43. The molecule has 2 fully saturated rings. The molecule has 1 aromatic carbocycles. The summed E-state index contributed by atoms with van der Waals surface area (Å²) in [5.41, 5.74) is 0.333. The second-order valence-corrected chi connectivity index (χ2v) is 8.40. The molecule has 2 heterocycles. The molecule has 27 heavy (non-hydrogen) atoms. The van der Waals surface area contributed by atoms with Crippen LogP contribution >= 0.6 is 0 Å². The molecular formula is C22H26FN3O. The average molecular weight is 367 g/mol. The highest BCUT2D eigenvalue weighted by atomic mass is 19.1. The van der Waals surface area contributed by atoms with E-state index < -0.39 is 5.41 Å². The number of pyridine rings is 1. The molecule has 4 rings (SSSR count). The van der Waals surface area contributed by atoms with Crippen LogP contribution in [0.5, 0.6) is 0 Å². The molecule has 0 spiro atoms. The molecule has 1 aromatic heterocycles. The van der Waals surface area contributed by atoms with Crippen LogP contribution in [0.25, 0.3) is 0 Å². The summed E-state index contributed by atoms with van der Waals surface area (Å²) in [6.07, 6.45) is 4.41. The van der Waals surface area contributed by atoms with Crippen molar-refractivity contribution < 1.29 is 9.18 Å². The molecule has 0 unspecified atom stereocenters. The van der Waals surface area contributed by atoms with Crippen molar-refractivity contribution in [1.29, 1.82) is 0 Å². The van der Waals surface area contributed by atoms with Gasteiger partial charge in [-0.1, -0.05) is 32.0 Å². The molecule has 5 heteroatoms. The minimum Gasteiger partial charge on any atom is -0.367 e. The van der Waals surface area contributed by atoms with Gasteiger partial charge in [-0.25, -0.2) is 9.37 Å². The number of halogens is 1. The second-order valence-electron chi connectivity index (χ2n) is 8.40. The molecule has 4 nitrogen and oxygen atoms in total. The number of carbonyl (C=O) groups is 1. The molecular weight excluding hydrogens is 341 g/mol. The SMILES string of the molecule is CC1(C)C[C@@]1(C(=O)N1CCC(Nc2ccccn2)CC1)c1ccc(F)cc1. The monoisotopic (exact) mass is 367 g/mol. The summed E-state index contributed by atoms with van der Waals surface area (Å²) in [4.78, 5) is 19.8. The fourth-order valence-corrected chi connectivity index (χ4v) is 4.49. The highest BCUT2D eigenvalue weighted by Gasteiger charge is 2.68. The lowest BCUT2D eigenvalue weighted by atomic mass is 9.85. The zero-order chi connectivity index (χ0) is 19.1. The molecule has 1 amide bonds. The van der Waals surface area contributed by atoms with Crippen molar-refractivity contribution in [1.82, 2.24) is 9.88 Å². The van der Waals surface area contributed by atoms with Crippen LogP contribution in [0.15, 0.2) is 48.7 Å². The number of rotatable bonds is 4. The second kappa shape index (κ2) is 6.63. The summed E-state index contributed by atoms with van der Waals surface area (Å²) < 4.78 is 13.4. The predicted octanol–water partition coefficient (Wildman–Crippen LogP) is 3.99. The zero-order valence-corrected chi connectivity index (χ0v) is 15.9. The number of nitrogens with zero attached hydrogens (tertiary/aromatic N) is 2. The Labute approximate surface area is 159 Å². The van der Waals surface area contributed by atoms with E-state index in [9.17, 15) is 9.18 Å². The number of likely N-dealkylation sites (tertiary alicyclic amines) is 1. The number of hydrogen-bond donors (Lipinski definition) is 1. The third-order valence-corrected chi connectivity index (χ3v) is 6.24. The molecule has 1 saturated heterocycles. The Bertz CT molecular complexity index is 813. The number of aromatic nitrogens is 1. The van der Waals surface area contributed by atoms with Crippen molar-refractivity contribution >= 4 is 11.7 Å². The van der Waals surface area contributed by atoms with E-state index in [-0.39, 0.29) is 17.1 Å². The van der Waals surface area contributed by atoms with E-state index in [0.717, 1.165) is 43.7 Å². The topological polar surface area (TPSA) is 45.2 Å². The van der Waals surface area contributed by atoms with Crippen molar-refractivity contribution in [2.45, 2.75) is 44.6 Å². The van der Waals surface area contributed by atoms with Crippen LogP contribution in [0.2, 0.25) is 0 Å². The molecule has 0 bridgehead atoms. The number of benzene rings is 1. The number of anilines is 1. The van der Waals surface area contributed by atoms with Gasteiger partial charge in [-0.15, -0.1) is 0 Å². The van der Waals surface area contributed by atoms with Crippen molar-refractivity contribution in [3.05, 3.63) is 60.0 Å². The lowest BCUT2D eigenvalue weighted by Gasteiger charge is -2.36. The van der Waals surface area contributed by atoms with Gasteiger partial charge in [0.25, 0.3) is 0 Å². The summed E-state index contributed by atoms with van der Waals surface area (Å²) in [5.74, 6) is 0.810. The maximum atomic E-state index is 13.4. The fraction of sp³-hybridized carbons (Fsp3) is 0.455. The van der Waals surface area contributed by atoms with Gasteiger partial charge in [0.05, 0.1) is 5.41 Å². The number of carbonyl (C=O) groups excluding carboxylic acids is 1. The molecule has 2 aromatic rings. The van der Waals surface area contributed by atoms with Crippen LogP contribution in [0, 0.1) is 11.2 Å². The highest BCUT2D eigenvalue weighted by Crippen LogP contribution is 2.65. The largest absolute Gasteiger partial charge is 0.367 e. The van der Waals surface area contributed by atoms with Crippen LogP contribution in [0.3, 0.4) is 0 Å². The van der Waals surface area contributed by atoms with Gasteiger partial charge in [-0.2, -0.15) is 0 Å². The predicted molar refractivity (Wildman–Crippen MR) is 104 cm³/mol. The number of nitrogens with one attached hydrogen (secondary N) is 1. The molecule has 1 aliphatic heterocycles. The van der Waals surface area contributed by atoms with E-state index in [1.165, 1.54) is 12.1 Å². The summed E-state index contributed by atoms with van der Waals surface area (Å²) in [5, 5.41) is 3.46. The molecule has 1 aliphatic carbocycles. The van der Waals surface area contributed by atoms with Crippen molar-refractivity contribution in [2.75, 3.05) is 18.4 Å². The standard InChI is InChI=1S/C22H26FN3O/c1-21(2)15-22(21,16-6-8-17(23)9-7-16)20(27)26-13-10-18(11-14-26)25-19-5-3-4-12-24-19/h3-9,12,18H,10-11,13-15H2,1-2H3,(H,24,25)/t22-/m0/s1. The molecule has 142 valence electrons. The Balaban J connectivity index is 1.44. The fourth-order valence-electron chi connectivity index (χ4n) is 4.49. The minimum absolute atomic E-state index is 0.0923. The Morgan fingerprint density at radius 2 is 1.81 bits per heavy atom. The Kier molecular flexibility index (Phi) is 4.41. The summed E-state index contributed by atoms with van der Waals surface area (Å²) >= 11 is 0. The van der Waals surface area contributed by atoms with E-state index >= 15 is 0 Å². The first-order valence-corrected chi connectivity index (χ1v) is 9.65. The van der Waals surface area contributed by atoms with Gasteiger partial charge in [0.1, 0.15) is 11.6 Å². The van der Waals surface area contributed by atoms with Gasteiger partial charge < -0.3 is 10.2 Å². The first-order valence-electron chi connectivity index (χ1n) is 9.65. The molecule has 0 radical (unpaired) electrons. The van der Waals surface area contributed by atoms with E-state index in [0.29, 0.717) is 6.04 Å². The Morgan fingerprint density at radius 1 is 1.15 bits per heavy atom. The number of amides is 1. The van der Waals surface area contributed by atoms with Gasteiger partial charge in [0.15, 0.2) is 0 Å². The highest BCUT2D eigenvalue weighted by molar-refractivity contribution is 5.93. The van der Waals surface area contributed by atoms with Gasteiger partial charge in [-0.3, -0.25) is 4.79 Å². The summed E-state index contributed by atoms with van der Waals surface area (Å²) in [7, 11) is 0. The van der Waals surface area contributed by atoms with Gasteiger partial charge in [-0.05, 0) is 54.5 Å². The van der Waals surface area contributed by atoms with Gasteiger partial charge >= 0.3 is 0 Å². The summed E-state index contributed by atoms with van der Waals surface area (Å²) in [6.45, 7) is 5.73. The maximum absolute atomic E-state index is 13.4. The normalized spacial score (nSPS) is 24.5. The smallest absolute Gasteiger partial charge is 0.233 e. The van der Waals surface area contributed by atoms with Crippen LogP contribution in [0.4, 0.5) is 10.2 Å². The van der Waals surface area contributed by atoms with Crippen molar-refractivity contribution in [3.8, 4) is 0 Å². The lowest BCUT2D eigenvalue weighted by molar-refractivity contribution is -0.135. The Morgan fingerprint density at radius 3 is 2.37 bits per heavy atom. The summed E-state index contributed by atoms with van der Waals surface area (Å²) in [6, 6.07) is 12.6. The molecule has 1 atom stereocenters. The van der Waals surface area contributed by atoms with Crippen molar-refractivity contribution in [2.24, 2.45) is 5.41 Å². The molecule has 2 aliphatic rings. The minimum atomic E-state index is -0.512. The maximum Gasteiger partial charge on any atom is 0.233 e. The number of piperidine rings is 1. The van der Waals surface area contributed by atoms with Crippen LogP contribution in [0.1, 0.15) is 38.7 Å². The first kappa shape index (κ1) is 18.0. The van der Waals surface area contributed by atoms with Gasteiger partial charge in [0, 0.05) is 25.3 Å². The van der Waals surface area contributed by atoms with Crippen molar-refractivity contribution in [3.63, 3.8) is 0 Å². The van der Waals surface area contributed by atoms with Crippen LogP contribution in [-0.2, 0) is 10.2 Å². The first-order chi connectivity index (χ1) is 12.9. The third-order valence-electron chi connectivity index (χ3n) is 6.24.